The molecule has 2 fully saturated rings. The minimum atomic E-state index is -0.828. The van der Waals surface area contributed by atoms with Crippen molar-refractivity contribution in [2.75, 3.05) is 18.0 Å². The molecule has 0 aliphatic carbocycles. The molecule has 3 amide bonds. The van der Waals surface area contributed by atoms with E-state index in [2.05, 4.69) is 40.3 Å². The Hall–Kier alpha value is -2.48. The molecule has 1 N–H and O–H groups in total. The smallest absolute Gasteiger partial charge is 0.323 e. The van der Waals surface area contributed by atoms with Crippen molar-refractivity contribution < 1.29 is 9.59 Å². The van der Waals surface area contributed by atoms with Crippen LogP contribution in [-0.4, -0.2) is 40.5 Å². The number of piperidine rings is 1. The van der Waals surface area contributed by atoms with E-state index in [1.54, 1.807) is 35.6 Å². The molecule has 1 atom stereocenters. The van der Waals surface area contributed by atoms with Crippen molar-refractivity contribution in [1.29, 1.82) is 0 Å². The highest BCUT2D eigenvalue weighted by Crippen LogP contribution is 2.35. The van der Waals surface area contributed by atoms with Crippen molar-refractivity contribution in [3.8, 4) is 0 Å². The number of urea groups is 1. The van der Waals surface area contributed by atoms with Gasteiger partial charge in [0.25, 0.3) is 5.91 Å². The molecule has 8 heteroatoms. The summed E-state index contributed by atoms with van der Waals surface area (Å²) in [6.07, 6.45) is 1.18. The molecule has 154 valence electrons. The molecule has 3 aromatic rings. The fourth-order valence-electron chi connectivity index (χ4n) is 4.42. The first-order valence-corrected chi connectivity index (χ1v) is 11.2. The standard InChI is InChI=1S/C22H21ClN4O2S/c1-14(15-2-7-19-18(12-15)24-13-30-19)26-10-8-22(9-11-26)20(28)27(21(29)25-22)17-5-3-16(23)4-6-17/h2-7,12-14H,8-11H2,1H3,(H,25,29). The molecule has 1 spiro atoms. The quantitative estimate of drug-likeness (QED) is 0.604. The van der Waals surface area contributed by atoms with E-state index < -0.39 is 5.54 Å². The third kappa shape index (κ3) is 3.17. The van der Waals surface area contributed by atoms with Gasteiger partial charge < -0.3 is 5.32 Å². The van der Waals surface area contributed by atoms with Crippen LogP contribution in [0.2, 0.25) is 5.02 Å². The number of carbonyl (C=O) groups excluding carboxylic acids is 2. The molecule has 2 saturated heterocycles. The molecule has 1 unspecified atom stereocenters. The van der Waals surface area contributed by atoms with Crippen LogP contribution in [0.3, 0.4) is 0 Å². The molecule has 6 nitrogen and oxygen atoms in total. The number of benzene rings is 2. The van der Waals surface area contributed by atoms with E-state index in [-0.39, 0.29) is 18.0 Å². The van der Waals surface area contributed by atoms with E-state index in [4.69, 9.17) is 11.6 Å². The molecule has 2 aliphatic rings. The Morgan fingerprint density at radius 1 is 1.13 bits per heavy atom. The molecule has 0 bridgehead atoms. The van der Waals surface area contributed by atoms with E-state index in [9.17, 15) is 9.59 Å². The maximum absolute atomic E-state index is 13.2. The lowest BCUT2D eigenvalue weighted by Gasteiger charge is -2.40. The molecule has 0 saturated carbocycles. The number of nitrogens with zero attached hydrogens (tertiary/aromatic N) is 3. The number of anilines is 1. The first-order chi connectivity index (χ1) is 14.5. The van der Waals surface area contributed by atoms with Crippen molar-refractivity contribution in [2.45, 2.75) is 31.3 Å². The Morgan fingerprint density at radius 3 is 2.60 bits per heavy atom. The summed E-state index contributed by atoms with van der Waals surface area (Å²) in [5.74, 6) is -0.175. The zero-order chi connectivity index (χ0) is 20.9. The highest BCUT2D eigenvalue weighted by Gasteiger charge is 2.53. The summed E-state index contributed by atoms with van der Waals surface area (Å²) in [6.45, 7) is 3.65. The van der Waals surface area contributed by atoms with Gasteiger partial charge in [0.1, 0.15) is 5.54 Å². The number of likely N-dealkylation sites (tertiary alicyclic amines) is 1. The summed E-state index contributed by atoms with van der Waals surface area (Å²) < 4.78 is 1.19. The van der Waals surface area contributed by atoms with Crippen LogP contribution in [0, 0.1) is 0 Å². The van der Waals surface area contributed by atoms with Crippen LogP contribution >= 0.6 is 22.9 Å². The van der Waals surface area contributed by atoms with E-state index in [1.165, 1.54) is 15.2 Å². The molecule has 2 aliphatic heterocycles. The number of hydrogen-bond donors (Lipinski definition) is 1. The number of fused-ring (bicyclic) bond motifs is 1. The second-order valence-electron chi connectivity index (χ2n) is 7.92. The van der Waals surface area contributed by atoms with Crippen molar-refractivity contribution in [3.63, 3.8) is 0 Å². The SMILES string of the molecule is CC(c1ccc2scnc2c1)N1CCC2(CC1)NC(=O)N(c1ccc(Cl)cc1)C2=O. The van der Waals surface area contributed by atoms with E-state index in [0.717, 1.165) is 18.6 Å². The maximum Gasteiger partial charge on any atom is 0.329 e. The zero-order valence-corrected chi connectivity index (χ0v) is 18.0. The summed E-state index contributed by atoms with van der Waals surface area (Å²) in [6, 6.07) is 13.0. The lowest BCUT2D eigenvalue weighted by atomic mass is 9.86. The van der Waals surface area contributed by atoms with E-state index >= 15 is 0 Å². The van der Waals surface area contributed by atoms with Gasteiger partial charge in [-0.15, -0.1) is 11.3 Å². The van der Waals surface area contributed by atoms with Gasteiger partial charge >= 0.3 is 6.03 Å². The Balaban J connectivity index is 1.31. The second-order valence-corrected chi connectivity index (χ2v) is 9.24. The summed E-state index contributed by atoms with van der Waals surface area (Å²) in [5, 5.41) is 3.54. The van der Waals surface area contributed by atoms with Crippen molar-refractivity contribution in [2.24, 2.45) is 0 Å². The number of imide groups is 1. The van der Waals surface area contributed by atoms with Crippen LogP contribution in [0.4, 0.5) is 10.5 Å². The van der Waals surface area contributed by atoms with Gasteiger partial charge in [0.05, 0.1) is 21.4 Å². The normalized spacial score (nSPS) is 20.1. The molecule has 2 aromatic carbocycles. The lowest BCUT2D eigenvalue weighted by molar-refractivity contribution is -0.124. The van der Waals surface area contributed by atoms with Gasteiger partial charge in [-0.1, -0.05) is 17.7 Å². The van der Waals surface area contributed by atoms with Gasteiger partial charge in [0.2, 0.25) is 0 Å². The summed E-state index contributed by atoms with van der Waals surface area (Å²) in [7, 11) is 0. The van der Waals surface area contributed by atoms with Gasteiger partial charge in [-0.05, 0) is 61.7 Å². The fraction of sp³-hybridized carbons (Fsp3) is 0.318. The largest absolute Gasteiger partial charge is 0.329 e. The minimum Gasteiger partial charge on any atom is -0.323 e. The molecule has 5 rings (SSSR count). The first kappa shape index (κ1) is 19.5. The fourth-order valence-corrected chi connectivity index (χ4v) is 5.21. The summed E-state index contributed by atoms with van der Waals surface area (Å²) >= 11 is 7.58. The topological polar surface area (TPSA) is 65.5 Å². The van der Waals surface area contributed by atoms with Gasteiger partial charge in [-0.3, -0.25) is 9.69 Å². The van der Waals surface area contributed by atoms with Crippen LogP contribution in [0.25, 0.3) is 10.2 Å². The highest BCUT2D eigenvalue weighted by atomic mass is 35.5. The molecular formula is C22H21ClN4O2S. The van der Waals surface area contributed by atoms with Crippen molar-refractivity contribution >= 4 is 50.8 Å². The van der Waals surface area contributed by atoms with Crippen molar-refractivity contribution in [1.82, 2.24) is 15.2 Å². The molecule has 3 heterocycles. The minimum absolute atomic E-state index is 0.175. The number of aromatic nitrogens is 1. The number of thiazole rings is 1. The number of halogens is 1. The number of nitrogens with one attached hydrogen (secondary N) is 1. The average molecular weight is 441 g/mol. The predicted octanol–water partition coefficient (Wildman–Crippen LogP) is 4.60. The summed E-state index contributed by atoms with van der Waals surface area (Å²) in [5.41, 5.74) is 3.82. The Labute approximate surface area is 183 Å². The van der Waals surface area contributed by atoms with Crippen LogP contribution in [0.5, 0.6) is 0 Å². The van der Waals surface area contributed by atoms with E-state index in [1.807, 2.05) is 5.51 Å². The van der Waals surface area contributed by atoms with E-state index in [0.29, 0.717) is 23.6 Å². The highest BCUT2D eigenvalue weighted by molar-refractivity contribution is 7.16. The number of carbonyl (C=O) groups is 2. The predicted molar refractivity (Wildman–Crippen MR) is 119 cm³/mol. The first-order valence-electron chi connectivity index (χ1n) is 9.96. The number of rotatable bonds is 3. The molecule has 1 aromatic heterocycles. The zero-order valence-electron chi connectivity index (χ0n) is 16.5. The maximum atomic E-state index is 13.2. The average Bonchev–Trinajstić information content (AvgIpc) is 3.31. The van der Waals surface area contributed by atoms with Crippen LogP contribution < -0.4 is 10.2 Å². The Morgan fingerprint density at radius 2 is 1.87 bits per heavy atom. The third-order valence-corrected chi connectivity index (χ3v) is 7.34. The Bertz CT molecular complexity index is 1120. The third-order valence-electron chi connectivity index (χ3n) is 6.28. The second kappa shape index (κ2) is 7.34. The lowest BCUT2D eigenvalue weighted by Crippen LogP contribution is -2.55. The van der Waals surface area contributed by atoms with Gasteiger partial charge in [-0.2, -0.15) is 0 Å². The monoisotopic (exact) mass is 440 g/mol. The molecular weight excluding hydrogens is 420 g/mol. The number of hydrogen-bond acceptors (Lipinski definition) is 5. The Kier molecular flexibility index (Phi) is 4.76. The molecule has 0 radical (unpaired) electrons. The van der Waals surface area contributed by atoms with Gasteiger partial charge in [0.15, 0.2) is 0 Å². The number of amides is 3. The van der Waals surface area contributed by atoms with Gasteiger partial charge in [-0.25, -0.2) is 14.7 Å². The van der Waals surface area contributed by atoms with Crippen LogP contribution in [0.15, 0.2) is 48.0 Å². The van der Waals surface area contributed by atoms with Crippen LogP contribution in [0.1, 0.15) is 31.4 Å². The van der Waals surface area contributed by atoms with Gasteiger partial charge in [0, 0.05) is 24.2 Å². The molecule has 30 heavy (non-hydrogen) atoms. The van der Waals surface area contributed by atoms with Crippen LogP contribution in [-0.2, 0) is 4.79 Å². The summed E-state index contributed by atoms with van der Waals surface area (Å²) in [4.78, 5) is 33.9. The van der Waals surface area contributed by atoms with Crippen molar-refractivity contribution in [3.05, 3.63) is 58.6 Å².